The molecule has 76 valence electrons. The summed E-state index contributed by atoms with van der Waals surface area (Å²) in [7, 11) is 0. The van der Waals surface area contributed by atoms with E-state index in [0.717, 1.165) is 18.9 Å². The van der Waals surface area contributed by atoms with E-state index in [-0.39, 0.29) is 17.2 Å². The SMILES string of the molecule is CC1(NCc2cc(F)ccc2F)CC1. The van der Waals surface area contributed by atoms with Crippen LogP contribution in [0.3, 0.4) is 0 Å². The quantitative estimate of drug-likeness (QED) is 0.785. The molecule has 0 unspecified atom stereocenters. The summed E-state index contributed by atoms with van der Waals surface area (Å²) in [6.07, 6.45) is 2.23. The van der Waals surface area contributed by atoms with Gasteiger partial charge in [0.15, 0.2) is 0 Å². The summed E-state index contributed by atoms with van der Waals surface area (Å²) in [5, 5.41) is 3.21. The average Bonchev–Trinajstić information content (AvgIpc) is 2.87. The molecule has 1 aromatic carbocycles. The van der Waals surface area contributed by atoms with Crippen molar-refractivity contribution in [1.29, 1.82) is 0 Å². The molecule has 0 bridgehead atoms. The Morgan fingerprint density at radius 1 is 1.36 bits per heavy atom. The number of benzene rings is 1. The zero-order chi connectivity index (χ0) is 10.2. The molecule has 0 saturated heterocycles. The first kappa shape index (κ1) is 9.59. The fourth-order valence-corrected chi connectivity index (χ4v) is 1.35. The van der Waals surface area contributed by atoms with E-state index >= 15 is 0 Å². The zero-order valence-electron chi connectivity index (χ0n) is 8.11. The van der Waals surface area contributed by atoms with Gasteiger partial charge in [-0.1, -0.05) is 0 Å². The normalized spacial score (nSPS) is 18.2. The number of nitrogens with one attached hydrogen (secondary N) is 1. The molecule has 3 heteroatoms. The molecule has 14 heavy (non-hydrogen) atoms. The van der Waals surface area contributed by atoms with Gasteiger partial charge in [0, 0.05) is 17.6 Å². The molecule has 1 aliphatic carbocycles. The third-order valence-corrected chi connectivity index (χ3v) is 2.71. The van der Waals surface area contributed by atoms with Gasteiger partial charge in [0.2, 0.25) is 0 Å². The van der Waals surface area contributed by atoms with Crippen LogP contribution < -0.4 is 5.32 Å². The van der Waals surface area contributed by atoms with Crippen LogP contribution in [0, 0.1) is 11.6 Å². The van der Waals surface area contributed by atoms with Crippen LogP contribution in [0.4, 0.5) is 8.78 Å². The molecule has 0 radical (unpaired) electrons. The highest BCUT2D eigenvalue weighted by Gasteiger charge is 2.36. The molecule has 0 aromatic heterocycles. The maximum absolute atomic E-state index is 13.2. The molecule has 0 atom stereocenters. The predicted octanol–water partition coefficient (Wildman–Crippen LogP) is 2.61. The highest BCUT2D eigenvalue weighted by molar-refractivity contribution is 5.19. The van der Waals surface area contributed by atoms with Crippen molar-refractivity contribution >= 4 is 0 Å². The second-order valence-electron chi connectivity index (χ2n) is 4.15. The van der Waals surface area contributed by atoms with Crippen LogP contribution >= 0.6 is 0 Å². The lowest BCUT2D eigenvalue weighted by molar-refractivity contribution is 0.513. The average molecular weight is 197 g/mol. The summed E-state index contributed by atoms with van der Waals surface area (Å²) >= 11 is 0. The Hall–Kier alpha value is -0.960. The van der Waals surface area contributed by atoms with Gasteiger partial charge >= 0.3 is 0 Å². The highest BCUT2D eigenvalue weighted by atomic mass is 19.1. The molecule has 1 saturated carbocycles. The Morgan fingerprint density at radius 2 is 2.07 bits per heavy atom. The minimum Gasteiger partial charge on any atom is -0.307 e. The predicted molar refractivity (Wildman–Crippen MR) is 50.8 cm³/mol. The summed E-state index contributed by atoms with van der Waals surface area (Å²) < 4.78 is 25.9. The van der Waals surface area contributed by atoms with Crippen LogP contribution in [-0.4, -0.2) is 5.54 Å². The third kappa shape index (κ3) is 2.10. The molecule has 2 rings (SSSR count). The molecular weight excluding hydrogens is 184 g/mol. The van der Waals surface area contributed by atoms with Crippen LogP contribution in [0.1, 0.15) is 25.3 Å². The van der Waals surface area contributed by atoms with Crippen molar-refractivity contribution in [1.82, 2.24) is 5.32 Å². The topological polar surface area (TPSA) is 12.0 Å². The summed E-state index contributed by atoms with van der Waals surface area (Å²) in [4.78, 5) is 0. The number of hydrogen-bond acceptors (Lipinski definition) is 1. The van der Waals surface area contributed by atoms with Gasteiger partial charge in [-0.25, -0.2) is 8.78 Å². The van der Waals surface area contributed by atoms with E-state index in [1.165, 1.54) is 12.1 Å². The van der Waals surface area contributed by atoms with Gasteiger partial charge in [0.1, 0.15) is 11.6 Å². The largest absolute Gasteiger partial charge is 0.307 e. The maximum Gasteiger partial charge on any atom is 0.127 e. The monoisotopic (exact) mass is 197 g/mol. The van der Waals surface area contributed by atoms with Gasteiger partial charge in [0.25, 0.3) is 0 Å². The number of halogens is 2. The second kappa shape index (κ2) is 3.31. The molecule has 1 N–H and O–H groups in total. The molecule has 1 aliphatic rings. The zero-order valence-corrected chi connectivity index (χ0v) is 8.11. The molecule has 1 nitrogen and oxygen atoms in total. The molecule has 1 fully saturated rings. The summed E-state index contributed by atoms with van der Waals surface area (Å²) in [5.74, 6) is -0.729. The minimum absolute atomic E-state index is 0.152. The molecule has 0 aliphatic heterocycles. The number of hydrogen-bond donors (Lipinski definition) is 1. The van der Waals surface area contributed by atoms with Gasteiger partial charge in [-0.15, -0.1) is 0 Å². The van der Waals surface area contributed by atoms with Gasteiger partial charge in [-0.3, -0.25) is 0 Å². The van der Waals surface area contributed by atoms with E-state index in [1.807, 2.05) is 0 Å². The molecular formula is C11H13F2N. The molecule has 1 aromatic rings. The van der Waals surface area contributed by atoms with Crippen molar-refractivity contribution < 1.29 is 8.78 Å². The van der Waals surface area contributed by atoms with Crippen molar-refractivity contribution in [2.75, 3.05) is 0 Å². The van der Waals surface area contributed by atoms with Gasteiger partial charge in [0.05, 0.1) is 0 Å². The third-order valence-electron chi connectivity index (χ3n) is 2.71. The van der Waals surface area contributed by atoms with Crippen LogP contribution in [0.5, 0.6) is 0 Å². The van der Waals surface area contributed by atoms with E-state index < -0.39 is 0 Å². The molecule has 0 heterocycles. The van der Waals surface area contributed by atoms with Gasteiger partial charge < -0.3 is 5.32 Å². The highest BCUT2D eigenvalue weighted by Crippen LogP contribution is 2.34. The van der Waals surface area contributed by atoms with Crippen molar-refractivity contribution in [2.24, 2.45) is 0 Å². The molecule has 0 amide bonds. The van der Waals surface area contributed by atoms with Crippen LogP contribution in [0.25, 0.3) is 0 Å². The maximum atomic E-state index is 13.2. The van der Waals surface area contributed by atoms with E-state index in [1.54, 1.807) is 0 Å². The Bertz CT molecular complexity index is 345. The number of rotatable bonds is 3. The van der Waals surface area contributed by atoms with Crippen molar-refractivity contribution in [2.45, 2.75) is 31.8 Å². The van der Waals surface area contributed by atoms with Gasteiger partial charge in [-0.2, -0.15) is 0 Å². The van der Waals surface area contributed by atoms with Crippen molar-refractivity contribution in [3.05, 3.63) is 35.4 Å². The Balaban J connectivity index is 2.04. The molecule has 0 spiro atoms. The summed E-state index contributed by atoms with van der Waals surface area (Å²) in [6.45, 7) is 2.49. The van der Waals surface area contributed by atoms with Crippen molar-refractivity contribution in [3.8, 4) is 0 Å². The van der Waals surface area contributed by atoms with Crippen LogP contribution in [-0.2, 0) is 6.54 Å². The van der Waals surface area contributed by atoms with E-state index in [0.29, 0.717) is 12.1 Å². The van der Waals surface area contributed by atoms with Crippen LogP contribution in [0.2, 0.25) is 0 Å². The Kier molecular flexibility index (Phi) is 2.27. The lowest BCUT2D eigenvalue weighted by atomic mass is 10.2. The van der Waals surface area contributed by atoms with Gasteiger partial charge in [-0.05, 0) is 38.0 Å². The van der Waals surface area contributed by atoms with Crippen molar-refractivity contribution in [3.63, 3.8) is 0 Å². The fraction of sp³-hybridized carbons (Fsp3) is 0.455. The Labute approximate surface area is 82.1 Å². The summed E-state index contributed by atoms with van der Waals surface area (Å²) in [5.41, 5.74) is 0.553. The Morgan fingerprint density at radius 3 is 2.71 bits per heavy atom. The van der Waals surface area contributed by atoms with E-state index in [2.05, 4.69) is 12.2 Å². The lowest BCUT2D eigenvalue weighted by Crippen LogP contribution is -2.27. The minimum atomic E-state index is -0.385. The summed E-state index contributed by atoms with van der Waals surface area (Å²) in [6, 6.07) is 3.55. The first-order chi connectivity index (χ1) is 6.59. The van der Waals surface area contributed by atoms with E-state index in [9.17, 15) is 8.78 Å². The van der Waals surface area contributed by atoms with E-state index in [4.69, 9.17) is 0 Å². The smallest absolute Gasteiger partial charge is 0.127 e. The van der Waals surface area contributed by atoms with Crippen LogP contribution in [0.15, 0.2) is 18.2 Å². The second-order valence-corrected chi connectivity index (χ2v) is 4.15. The fourth-order valence-electron chi connectivity index (χ4n) is 1.35. The first-order valence-electron chi connectivity index (χ1n) is 4.78. The lowest BCUT2D eigenvalue weighted by Gasteiger charge is -2.11. The standard InChI is InChI=1S/C11H13F2N/c1-11(4-5-11)14-7-8-6-9(12)2-3-10(8)13/h2-3,6,14H,4-5,7H2,1H3. The first-order valence-corrected chi connectivity index (χ1v) is 4.78.